The van der Waals surface area contributed by atoms with E-state index in [0.717, 1.165) is 6.42 Å². The van der Waals surface area contributed by atoms with Crippen LogP contribution >= 0.6 is 0 Å². The van der Waals surface area contributed by atoms with Gasteiger partial charge in [-0.15, -0.1) is 0 Å². The van der Waals surface area contributed by atoms with Gasteiger partial charge in [0.15, 0.2) is 5.78 Å². The molecule has 0 saturated heterocycles. The first-order chi connectivity index (χ1) is 13.9. The minimum atomic E-state index is -0.598. The average molecular weight is 399 g/mol. The molecular weight excluding hydrogens is 374 g/mol. The van der Waals surface area contributed by atoms with Gasteiger partial charge in [0, 0.05) is 11.1 Å². The highest BCUT2D eigenvalue weighted by molar-refractivity contribution is 6.07. The predicted octanol–water partition coefficient (Wildman–Crippen LogP) is 4.12. The van der Waals surface area contributed by atoms with Gasteiger partial charge < -0.3 is 19.5 Å². The summed E-state index contributed by atoms with van der Waals surface area (Å²) in [7, 11) is 1.26. The number of carbonyl (C=O) groups excluding carboxylic acids is 3. The summed E-state index contributed by atoms with van der Waals surface area (Å²) in [6.45, 7) is 6.05. The summed E-state index contributed by atoms with van der Waals surface area (Å²) in [6.07, 6.45) is 0.773. The number of carbonyl (C=O) groups is 3. The number of benzene rings is 2. The Morgan fingerprint density at radius 1 is 0.931 bits per heavy atom. The van der Waals surface area contributed by atoms with E-state index in [2.05, 4.69) is 5.32 Å². The molecule has 2 aromatic carbocycles. The third-order valence-corrected chi connectivity index (χ3v) is 4.04. The van der Waals surface area contributed by atoms with Crippen LogP contribution in [0, 0.1) is 0 Å². The van der Waals surface area contributed by atoms with Crippen molar-refractivity contribution in [2.24, 2.45) is 0 Å². The van der Waals surface area contributed by atoms with Crippen LogP contribution in [0.25, 0.3) is 0 Å². The van der Waals surface area contributed by atoms with Crippen LogP contribution in [-0.2, 0) is 4.74 Å². The highest BCUT2D eigenvalue weighted by Crippen LogP contribution is 2.28. The van der Waals surface area contributed by atoms with Crippen LogP contribution in [0.15, 0.2) is 36.4 Å². The zero-order valence-electron chi connectivity index (χ0n) is 17.0. The molecule has 2 rings (SSSR count). The molecule has 0 heterocycles. The van der Waals surface area contributed by atoms with Crippen molar-refractivity contribution >= 4 is 23.3 Å². The molecule has 0 saturated carbocycles. The average Bonchev–Trinajstić information content (AvgIpc) is 2.72. The van der Waals surface area contributed by atoms with E-state index in [1.807, 2.05) is 13.8 Å². The fourth-order valence-corrected chi connectivity index (χ4v) is 2.60. The molecule has 0 aliphatic rings. The normalized spacial score (nSPS) is 10.2. The van der Waals surface area contributed by atoms with Crippen LogP contribution in [0.5, 0.6) is 11.5 Å². The van der Waals surface area contributed by atoms with Gasteiger partial charge in [-0.1, -0.05) is 6.92 Å². The van der Waals surface area contributed by atoms with Crippen molar-refractivity contribution in [3.05, 3.63) is 53.1 Å². The maximum absolute atomic E-state index is 12.8. The lowest BCUT2D eigenvalue weighted by molar-refractivity contribution is 0.0596. The largest absolute Gasteiger partial charge is 0.493 e. The SMILES string of the molecule is CCCOc1ccc(C(=O)Nc2cc(C(C)=O)ccc2OCC)cc1C(=O)OC. The van der Waals surface area contributed by atoms with Crippen molar-refractivity contribution in [3.8, 4) is 11.5 Å². The second kappa shape index (κ2) is 10.3. The lowest BCUT2D eigenvalue weighted by Gasteiger charge is -2.14. The van der Waals surface area contributed by atoms with Gasteiger partial charge in [-0.25, -0.2) is 4.79 Å². The molecule has 1 N–H and O–H groups in total. The topological polar surface area (TPSA) is 90.9 Å². The molecular formula is C22H25NO6. The number of amides is 1. The summed E-state index contributed by atoms with van der Waals surface area (Å²) in [6, 6.07) is 9.37. The number of Topliss-reactive ketones (excluding diaryl/α,β-unsaturated/α-hetero) is 1. The Balaban J connectivity index is 2.36. The van der Waals surface area contributed by atoms with Crippen molar-refractivity contribution in [1.29, 1.82) is 0 Å². The Labute approximate surface area is 170 Å². The molecule has 0 unspecified atom stereocenters. The molecule has 0 aliphatic carbocycles. The Morgan fingerprint density at radius 2 is 1.62 bits per heavy atom. The number of nitrogens with one attached hydrogen (secondary N) is 1. The van der Waals surface area contributed by atoms with Crippen molar-refractivity contribution in [2.45, 2.75) is 27.2 Å². The van der Waals surface area contributed by atoms with Crippen LogP contribution in [0.3, 0.4) is 0 Å². The van der Waals surface area contributed by atoms with Crippen LogP contribution in [0.4, 0.5) is 5.69 Å². The molecule has 0 fully saturated rings. The van der Waals surface area contributed by atoms with Crippen molar-refractivity contribution in [2.75, 3.05) is 25.6 Å². The second-order valence-electron chi connectivity index (χ2n) is 6.21. The minimum Gasteiger partial charge on any atom is -0.493 e. The Kier molecular flexibility index (Phi) is 7.77. The number of ketones is 1. The molecule has 1 amide bonds. The summed E-state index contributed by atoms with van der Waals surface area (Å²) < 4.78 is 15.9. The number of methoxy groups -OCH3 is 1. The highest BCUT2D eigenvalue weighted by Gasteiger charge is 2.18. The molecule has 29 heavy (non-hydrogen) atoms. The first-order valence-electron chi connectivity index (χ1n) is 9.35. The molecule has 154 valence electrons. The summed E-state index contributed by atoms with van der Waals surface area (Å²) in [5.41, 5.74) is 1.22. The molecule has 0 aromatic heterocycles. The fourth-order valence-electron chi connectivity index (χ4n) is 2.60. The van der Waals surface area contributed by atoms with E-state index < -0.39 is 11.9 Å². The molecule has 0 aliphatic heterocycles. The van der Waals surface area contributed by atoms with E-state index in [-0.39, 0.29) is 16.9 Å². The number of rotatable bonds is 9. The maximum Gasteiger partial charge on any atom is 0.341 e. The van der Waals surface area contributed by atoms with E-state index in [1.54, 1.807) is 30.3 Å². The van der Waals surface area contributed by atoms with Gasteiger partial charge in [-0.05, 0) is 56.7 Å². The van der Waals surface area contributed by atoms with E-state index in [9.17, 15) is 14.4 Å². The number of esters is 1. The van der Waals surface area contributed by atoms with Crippen LogP contribution in [0.1, 0.15) is 58.3 Å². The standard InChI is InChI=1S/C22H25NO6/c1-5-11-29-19-9-8-16(12-17(19)22(26)27-4)21(25)23-18-13-15(14(3)24)7-10-20(18)28-6-2/h7-10,12-13H,5-6,11H2,1-4H3,(H,23,25). The minimum absolute atomic E-state index is 0.131. The Bertz CT molecular complexity index is 906. The van der Waals surface area contributed by atoms with E-state index in [4.69, 9.17) is 14.2 Å². The molecule has 7 nitrogen and oxygen atoms in total. The summed E-state index contributed by atoms with van der Waals surface area (Å²) in [5, 5.41) is 2.74. The molecule has 7 heteroatoms. The lowest BCUT2D eigenvalue weighted by Crippen LogP contribution is -2.15. The third-order valence-electron chi connectivity index (χ3n) is 4.04. The monoisotopic (exact) mass is 399 g/mol. The van der Waals surface area contributed by atoms with Gasteiger partial charge in [0.1, 0.15) is 17.1 Å². The third kappa shape index (κ3) is 5.57. The number of hydrogen-bond acceptors (Lipinski definition) is 6. The number of ether oxygens (including phenoxy) is 3. The molecule has 0 atom stereocenters. The van der Waals surface area contributed by atoms with Crippen molar-refractivity contribution in [1.82, 2.24) is 0 Å². The van der Waals surface area contributed by atoms with Gasteiger partial charge >= 0.3 is 5.97 Å². The van der Waals surface area contributed by atoms with Gasteiger partial charge in [-0.3, -0.25) is 9.59 Å². The smallest absolute Gasteiger partial charge is 0.341 e. The van der Waals surface area contributed by atoms with E-state index in [1.165, 1.54) is 20.1 Å². The van der Waals surface area contributed by atoms with Crippen molar-refractivity contribution < 1.29 is 28.6 Å². The lowest BCUT2D eigenvalue weighted by atomic mass is 10.1. The van der Waals surface area contributed by atoms with E-state index in [0.29, 0.717) is 36.0 Å². The number of anilines is 1. The van der Waals surface area contributed by atoms with Gasteiger partial charge in [0.05, 0.1) is 26.0 Å². The fraction of sp³-hybridized carbons (Fsp3) is 0.318. The highest BCUT2D eigenvalue weighted by atomic mass is 16.5. The number of hydrogen-bond donors (Lipinski definition) is 1. The first-order valence-corrected chi connectivity index (χ1v) is 9.35. The zero-order chi connectivity index (χ0) is 21.4. The van der Waals surface area contributed by atoms with Gasteiger partial charge in [0.2, 0.25) is 0 Å². The zero-order valence-corrected chi connectivity index (χ0v) is 17.0. The van der Waals surface area contributed by atoms with Crippen LogP contribution in [-0.4, -0.2) is 38.0 Å². The molecule has 0 bridgehead atoms. The van der Waals surface area contributed by atoms with Crippen molar-refractivity contribution in [3.63, 3.8) is 0 Å². The van der Waals surface area contributed by atoms with Crippen LogP contribution in [0.2, 0.25) is 0 Å². The van der Waals surface area contributed by atoms with E-state index >= 15 is 0 Å². The summed E-state index contributed by atoms with van der Waals surface area (Å²) >= 11 is 0. The predicted molar refractivity (Wildman–Crippen MR) is 109 cm³/mol. The Hall–Kier alpha value is -3.35. The first kappa shape index (κ1) is 21.9. The molecule has 2 aromatic rings. The molecule has 0 spiro atoms. The van der Waals surface area contributed by atoms with Gasteiger partial charge in [-0.2, -0.15) is 0 Å². The summed E-state index contributed by atoms with van der Waals surface area (Å²) in [4.78, 5) is 36.6. The maximum atomic E-state index is 12.8. The van der Waals surface area contributed by atoms with Crippen LogP contribution < -0.4 is 14.8 Å². The van der Waals surface area contributed by atoms with Gasteiger partial charge in [0.25, 0.3) is 5.91 Å². The Morgan fingerprint density at radius 3 is 2.24 bits per heavy atom. The quantitative estimate of drug-likeness (QED) is 0.504. The molecule has 0 radical (unpaired) electrons. The summed E-state index contributed by atoms with van der Waals surface area (Å²) in [5.74, 6) is -0.391. The second-order valence-corrected chi connectivity index (χ2v) is 6.21.